The molecule has 0 spiro atoms. The normalized spacial score (nSPS) is 12.9. The van der Waals surface area contributed by atoms with Crippen LogP contribution < -0.4 is 10.6 Å². The molecule has 0 aliphatic rings. The van der Waals surface area contributed by atoms with Crippen LogP contribution in [0.1, 0.15) is 26.3 Å². The Morgan fingerprint density at radius 3 is 2.25 bits per heavy atom. The number of nitrogens with two attached hydrogens (primary N) is 1. The summed E-state index contributed by atoms with van der Waals surface area (Å²) in [6.45, 7) is 7.05. The van der Waals surface area contributed by atoms with Crippen molar-refractivity contribution in [2.75, 3.05) is 18.5 Å². The Morgan fingerprint density at radius 2 is 1.81 bits per heavy atom. The number of anilines is 1. The molecular weight excluding hydrogens is 200 g/mol. The monoisotopic (exact) mass is 222 g/mol. The summed E-state index contributed by atoms with van der Waals surface area (Å²) in [7, 11) is 1.97. The maximum atomic E-state index is 5.61. The van der Waals surface area contributed by atoms with Gasteiger partial charge < -0.3 is 10.6 Å². The molecule has 1 aromatic heterocycles. The number of nitrogens with zero attached hydrogens (tertiary/aromatic N) is 3. The Morgan fingerprint density at radius 1 is 1.25 bits per heavy atom. The molecule has 0 aromatic carbocycles. The average Bonchev–Trinajstić information content (AvgIpc) is 2.27. The van der Waals surface area contributed by atoms with Gasteiger partial charge in [-0.3, -0.25) is 0 Å². The van der Waals surface area contributed by atoms with Crippen LogP contribution in [0.2, 0.25) is 0 Å². The van der Waals surface area contributed by atoms with Crippen molar-refractivity contribution in [3.05, 3.63) is 18.0 Å². The van der Waals surface area contributed by atoms with Gasteiger partial charge in [-0.15, -0.1) is 0 Å². The van der Waals surface area contributed by atoms with Crippen molar-refractivity contribution in [2.24, 2.45) is 11.7 Å². The van der Waals surface area contributed by atoms with E-state index in [9.17, 15) is 0 Å². The van der Waals surface area contributed by atoms with Crippen LogP contribution in [0.3, 0.4) is 0 Å². The first kappa shape index (κ1) is 12.9. The van der Waals surface area contributed by atoms with Crippen molar-refractivity contribution in [1.82, 2.24) is 9.97 Å². The van der Waals surface area contributed by atoms with Crippen LogP contribution in [-0.4, -0.2) is 29.6 Å². The van der Waals surface area contributed by atoms with Gasteiger partial charge in [-0.05, 0) is 24.8 Å². The van der Waals surface area contributed by atoms with Crippen LogP contribution in [0, 0.1) is 5.92 Å². The minimum atomic E-state index is 0.260. The molecule has 0 fully saturated rings. The van der Waals surface area contributed by atoms with Gasteiger partial charge in [-0.1, -0.05) is 13.8 Å². The van der Waals surface area contributed by atoms with Crippen molar-refractivity contribution in [3.63, 3.8) is 0 Å². The van der Waals surface area contributed by atoms with Gasteiger partial charge in [0.05, 0.1) is 0 Å². The number of hydrogen-bond donors (Lipinski definition) is 1. The Balaban J connectivity index is 2.70. The predicted octanol–water partition coefficient (Wildman–Crippen LogP) is 1.46. The highest BCUT2D eigenvalue weighted by Gasteiger charge is 2.10. The van der Waals surface area contributed by atoms with E-state index in [1.165, 1.54) is 5.56 Å². The number of likely N-dealkylation sites (N-methyl/N-ethyl adjacent to an activating group) is 1. The highest BCUT2D eigenvalue weighted by atomic mass is 15.2. The SMILES string of the molecule is CC(C)Cc1cnc(N(C)C(C)CN)nc1. The van der Waals surface area contributed by atoms with E-state index in [1.807, 2.05) is 24.3 Å². The molecule has 0 radical (unpaired) electrons. The molecule has 1 unspecified atom stereocenters. The van der Waals surface area contributed by atoms with Gasteiger partial charge in [0.1, 0.15) is 0 Å². The number of rotatable bonds is 5. The molecule has 0 aliphatic heterocycles. The zero-order valence-electron chi connectivity index (χ0n) is 10.6. The fraction of sp³-hybridized carbons (Fsp3) is 0.667. The van der Waals surface area contributed by atoms with Crippen LogP contribution in [-0.2, 0) is 6.42 Å². The molecule has 1 heterocycles. The third kappa shape index (κ3) is 3.45. The van der Waals surface area contributed by atoms with E-state index < -0.39 is 0 Å². The molecule has 2 N–H and O–H groups in total. The van der Waals surface area contributed by atoms with Gasteiger partial charge in [0, 0.05) is 32.0 Å². The average molecular weight is 222 g/mol. The molecule has 90 valence electrons. The van der Waals surface area contributed by atoms with Crippen molar-refractivity contribution in [2.45, 2.75) is 33.2 Å². The topological polar surface area (TPSA) is 55.0 Å². The third-order valence-electron chi connectivity index (χ3n) is 2.65. The molecule has 1 atom stereocenters. The lowest BCUT2D eigenvalue weighted by molar-refractivity contribution is 0.640. The van der Waals surface area contributed by atoms with E-state index in [0.29, 0.717) is 12.5 Å². The van der Waals surface area contributed by atoms with Gasteiger partial charge in [-0.2, -0.15) is 0 Å². The summed E-state index contributed by atoms with van der Waals surface area (Å²) in [5.74, 6) is 1.38. The van der Waals surface area contributed by atoms with Crippen molar-refractivity contribution in [1.29, 1.82) is 0 Å². The van der Waals surface area contributed by atoms with Crippen molar-refractivity contribution in [3.8, 4) is 0 Å². The zero-order valence-corrected chi connectivity index (χ0v) is 10.6. The van der Waals surface area contributed by atoms with E-state index >= 15 is 0 Å². The van der Waals surface area contributed by atoms with Gasteiger partial charge in [0.25, 0.3) is 0 Å². The molecule has 4 heteroatoms. The van der Waals surface area contributed by atoms with Gasteiger partial charge >= 0.3 is 0 Å². The molecule has 1 rings (SSSR count). The second kappa shape index (κ2) is 5.80. The van der Waals surface area contributed by atoms with E-state index in [-0.39, 0.29) is 6.04 Å². The fourth-order valence-electron chi connectivity index (χ4n) is 1.46. The molecule has 16 heavy (non-hydrogen) atoms. The summed E-state index contributed by atoms with van der Waals surface area (Å²) in [6, 6.07) is 0.260. The molecule has 0 amide bonds. The second-order valence-corrected chi connectivity index (χ2v) is 4.68. The molecule has 0 saturated carbocycles. The summed E-state index contributed by atoms with van der Waals surface area (Å²) in [5.41, 5.74) is 6.80. The van der Waals surface area contributed by atoms with Crippen molar-refractivity contribution < 1.29 is 0 Å². The molecule has 0 aliphatic carbocycles. The standard InChI is InChI=1S/C12H22N4/c1-9(2)5-11-7-14-12(15-8-11)16(4)10(3)6-13/h7-10H,5-6,13H2,1-4H3. The zero-order chi connectivity index (χ0) is 12.1. The summed E-state index contributed by atoms with van der Waals surface area (Å²) in [6.07, 6.45) is 4.83. The first-order chi connectivity index (χ1) is 7.54. The molecular formula is C12H22N4. The van der Waals surface area contributed by atoms with Crippen LogP contribution in [0.15, 0.2) is 12.4 Å². The van der Waals surface area contributed by atoms with Crippen LogP contribution in [0.5, 0.6) is 0 Å². The largest absolute Gasteiger partial charge is 0.340 e. The second-order valence-electron chi connectivity index (χ2n) is 4.68. The smallest absolute Gasteiger partial charge is 0.225 e. The fourth-order valence-corrected chi connectivity index (χ4v) is 1.46. The first-order valence-corrected chi connectivity index (χ1v) is 5.78. The lowest BCUT2D eigenvalue weighted by atomic mass is 10.1. The third-order valence-corrected chi connectivity index (χ3v) is 2.65. The first-order valence-electron chi connectivity index (χ1n) is 5.78. The van der Waals surface area contributed by atoms with E-state index in [4.69, 9.17) is 5.73 Å². The van der Waals surface area contributed by atoms with E-state index in [0.717, 1.165) is 12.4 Å². The number of aromatic nitrogens is 2. The lowest BCUT2D eigenvalue weighted by Crippen LogP contribution is -2.36. The summed E-state index contributed by atoms with van der Waals surface area (Å²) in [4.78, 5) is 10.7. The lowest BCUT2D eigenvalue weighted by Gasteiger charge is -2.23. The number of hydrogen-bond acceptors (Lipinski definition) is 4. The Hall–Kier alpha value is -1.16. The minimum absolute atomic E-state index is 0.260. The quantitative estimate of drug-likeness (QED) is 0.819. The van der Waals surface area contributed by atoms with E-state index in [1.54, 1.807) is 0 Å². The summed E-state index contributed by atoms with van der Waals surface area (Å²) < 4.78 is 0. The Labute approximate surface area is 97.9 Å². The van der Waals surface area contributed by atoms with Crippen LogP contribution in [0.4, 0.5) is 5.95 Å². The van der Waals surface area contributed by atoms with Gasteiger partial charge in [0.15, 0.2) is 0 Å². The van der Waals surface area contributed by atoms with Crippen LogP contribution >= 0.6 is 0 Å². The van der Waals surface area contributed by atoms with Gasteiger partial charge in [-0.25, -0.2) is 9.97 Å². The predicted molar refractivity (Wildman–Crippen MR) is 67.5 cm³/mol. The maximum Gasteiger partial charge on any atom is 0.225 e. The highest BCUT2D eigenvalue weighted by Crippen LogP contribution is 2.10. The summed E-state index contributed by atoms with van der Waals surface area (Å²) in [5, 5.41) is 0. The Bertz CT molecular complexity index is 307. The molecule has 0 saturated heterocycles. The summed E-state index contributed by atoms with van der Waals surface area (Å²) >= 11 is 0. The molecule has 1 aromatic rings. The minimum Gasteiger partial charge on any atom is -0.340 e. The van der Waals surface area contributed by atoms with E-state index in [2.05, 4.69) is 30.7 Å². The molecule has 0 bridgehead atoms. The Kier molecular flexibility index (Phi) is 4.68. The molecule has 4 nitrogen and oxygen atoms in total. The highest BCUT2D eigenvalue weighted by molar-refractivity contribution is 5.30. The maximum absolute atomic E-state index is 5.61. The van der Waals surface area contributed by atoms with Gasteiger partial charge in [0.2, 0.25) is 5.95 Å². The van der Waals surface area contributed by atoms with Crippen molar-refractivity contribution >= 4 is 5.95 Å². The van der Waals surface area contributed by atoms with Crippen LogP contribution in [0.25, 0.3) is 0 Å².